The van der Waals surface area contributed by atoms with Crippen molar-refractivity contribution in [1.29, 1.82) is 0 Å². The van der Waals surface area contributed by atoms with E-state index in [1.54, 1.807) is 6.07 Å². The minimum atomic E-state index is -3.43. The van der Waals surface area contributed by atoms with E-state index in [9.17, 15) is 8.42 Å². The number of fused-ring (bicyclic) bond motifs is 1. The van der Waals surface area contributed by atoms with Gasteiger partial charge in [0.15, 0.2) is 0 Å². The Bertz CT molecular complexity index is 586. The van der Waals surface area contributed by atoms with Crippen LogP contribution in [0.2, 0.25) is 0 Å². The first-order chi connectivity index (χ1) is 7.52. The number of benzene rings is 1. The molecule has 0 spiro atoms. The summed E-state index contributed by atoms with van der Waals surface area (Å²) in [5.74, 6) is 0.00620. The van der Waals surface area contributed by atoms with Crippen molar-refractivity contribution in [1.82, 2.24) is 0 Å². The van der Waals surface area contributed by atoms with Gasteiger partial charge in [0.05, 0.1) is 5.75 Å². The Hall–Kier alpha value is -1.62. The van der Waals surface area contributed by atoms with Crippen LogP contribution in [0.4, 0.5) is 0 Å². The van der Waals surface area contributed by atoms with Gasteiger partial charge in [-0.1, -0.05) is 24.3 Å². The lowest BCUT2D eigenvalue weighted by atomic mass is 10.0. The molecule has 84 valence electrons. The molecule has 0 radical (unpaired) electrons. The molecule has 1 aliphatic heterocycles. The van der Waals surface area contributed by atoms with Crippen LogP contribution < -0.4 is 5.73 Å². The van der Waals surface area contributed by atoms with Crippen molar-refractivity contribution < 1.29 is 8.42 Å². The fraction of sp³-hybridized carbons (Fsp3) is 0.182. The third-order valence-electron chi connectivity index (χ3n) is 2.34. The van der Waals surface area contributed by atoms with E-state index >= 15 is 0 Å². The lowest BCUT2D eigenvalue weighted by Gasteiger charge is -2.14. The topological polar surface area (TPSA) is 72.5 Å². The van der Waals surface area contributed by atoms with Crippen LogP contribution in [-0.4, -0.2) is 14.3 Å². The van der Waals surface area contributed by atoms with E-state index in [2.05, 4.69) is 4.40 Å². The van der Waals surface area contributed by atoms with Crippen LogP contribution in [0, 0.1) is 0 Å². The quantitative estimate of drug-likeness (QED) is 0.798. The van der Waals surface area contributed by atoms with Crippen LogP contribution in [0.1, 0.15) is 23.6 Å². The molecule has 0 saturated heterocycles. The van der Waals surface area contributed by atoms with Crippen LogP contribution in [-0.2, 0) is 15.8 Å². The van der Waals surface area contributed by atoms with E-state index in [0.29, 0.717) is 11.1 Å². The average molecular weight is 236 g/mol. The second-order valence-corrected chi connectivity index (χ2v) is 5.25. The molecule has 1 aliphatic rings. The number of rotatable bonds is 1. The molecule has 0 bridgehead atoms. The summed E-state index contributed by atoms with van der Waals surface area (Å²) in [5.41, 5.74) is 8.04. The summed E-state index contributed by atoms with van der Waals surface area (Å²) in [4.78, 5) is 0. The number of hydrogen-bond acceptors (Lipinski definition) is 3. The predicted molar refractivity (Wildman–Crippen MR) is 64.5 cm³/mol. The fourth-order valence-corrected chi connectivity index (χ4v) is 2.79. The molecule has 1 aromatic rings. The Morgan fingerprint density at radius 2 is 2.19 bits per heavy atom. The SMILES string of the molecule is C/C=C/c1ccc2c(c1)C(N)=NS(=O)(=O)C2. The monoisotopic (exact) mass is 236 g/mol. The molecule has 0 aliphatic carbocycles. The van der Waals surface area contributed by atoms with Gasteiger partial charge in [-0.05, 0) is 24.1 Å². The predicted octanol–water partition coefficient (Wildman–Crippen LogP) is 1.27. The van der Waals surface area contributed by atoms with E-state index in [-0.39, 0.29) is 11.6 Å². The molecular formula is C11H12N2O2S. The summed E-state index contributed by atoms with van der Waals surface area (Å²) in [6, 6.07) is 5.50. The van der Waals surface area contributed by atoms with Gasteiger partial charge < -0.3 is 5.73 Å². The smallest absolute Gasteiger partial charge is 0.259 e. The minimum absolute atomic E-state index is 0.0703. The Labute approximate surface area is 94.6 Å². The summed E-state index contributed by atoms with van der Waals surface area (Å²) in [5, 5.41) is 0. The molecule has 0 saturated carbocycles. The van der Waals surface area contributed by atoms with Crippen molar-refractivity contribution in [3.63, 3.8) is 0 Å². The van der Waals surface area contributed by atoms with Crippen LogP contribution in [0.5, 0.6) is 0 Å². The number of allylic oxidation sites excluding steroid dienone is 1. The number of hydrogen-bond donors (Lipinski definition) is 1. The van der Waals surface area contributed by atoms with Gasteiger partial charge >= 0.3 is 0 Å². The van der Waals surface area contributed by atoms with Crippen molar-refractivity contribution in [2.45, 2.75) is 12.7 Å². The summed E-state index contributed by atoms with van der Waals surface area (Å²) in [6.45, 7) is 1.92. The molecule has 0 aromatic heterocycles. The Morgan fingerprint density at radius 1 is 1.44 bits per heavy atom. The van der Waals surface area contributed by atoms with Gasteiger partial charge in [-0.15, -0.1) is 4.40 Å². The fourth-order valence-electron chi connectivity index (χ4n) is 1.68. The van der Waals surface area contributed by atoms with Crippen LogP contribution >= 0.6 is 0 Å². The highest BCUT2D eigenvalue weighted by Crippen LogP contribution is 2.21. The summed E-state index contributed by atoms with van der Waals surface area (Å²) in [6.07, 6.45) is 3.84. The number of nitrogens with two attached hydrogens (primary N) is 1. The van der Waals surface area contributed by atoms with Gasteiger partial charge in [-0.2, -0.15) is 0 Å². The maximum atomic E-state index is 11.4. The van der Waals surface area contributed by atoms with Gasteiger partial charge in [-0.3, -0.25) is 0 Å². The molecule has 16 heavy (non-hydrogen) atoms. The van der Waals surface area contributed by atoms with Gasteiger partial charge in [0.25, 0.3) is 10.0 Å². The average Bonchev–Trinajstić information content (AvgIpc) is 2.18. The molecule has 0 fully saturated rings. The molecule has 2 rings (SSSR count). The highest BCUT2D eigenvalue weighted by Gasteiger charge is 2.21. The number of sulfonamides is 1. The van der Waals surface area contributed by atoms with Crippen molar-refractivity contribution in [3.8, 4) is 0 Å². The van der Waals surface area contributed by atoms with Crippen LogP contribution in [0.15, 0.2) is 28.7 Å². The highest BCUT2D eigenvalue weighted by molar-refractivity contribution is 7.89. The molecule has 1 heterocycles. The van der Waals surface area contributed by atoms with Gasteiger partial charge in [-0.25, -0.2) is 8.42 Å². The van der Waals surface area contributed by atoms with E-state index in [4.69, 9.17) is 5.73 Å². The van der Waals surface area contributed by atoms with Crippen molar-refractivity contribution in [2.24, 2.45) is 10.1 Å². The zero-order valence-corrected chi connectivity index (χ0v) is 9.66. The van der Waals surface area contributed by atoms with E-state index in [1.807, 2.05) is 31.2 Å². The van der Waals surface area contributed by atoms with E-state index in [1.165, 1.54) is 0 Å². The number of nitrogens with zero attached hydrogens (tertiary/aromatic N) is 1. The zero-order valence-electron chi connectivity index (χ0n) is 8.84. The molecule has 2 N–H and O–H groups in total. The van der Waals surface area contributed by atoms with Crippen molar-refractivity contribution in [3.05, 3.63) is 41.0 Å². The summed E-state index contributed by atoms with van der Waals surface area (Å²) < 4.78 is 26.2. The Morgan fingerprint density at radius 3 is 2.88 bits per heavy atom. The van der Waals surface area contributed by atoms with Crippen LogP contribution in [0.3, 0.4) is 0 Å². The largest absolute Gasteiger partial charge is 0.383 e. The lowest BCUT2D eigenvalue weighted by molar-refractivity contribution is 0.596. The first kappa shape index (κ1) is 10.9. The minimum Gasteiger partial charge on any atom is -0.383 e. The van der Waals surface area contributed by atoms with Crippen molar-refractivity contribution in [2.75, 3.05) is 0 Å². The molecule has 0 atom stereocenters. The molecule has 1 aromatic carbocycles. The molecular weight excluding hydrogens is 224 g/mol. The lowest BCUT2D eigenvalue weighted by Crippen LogP contribution is -2.23. The van der Waals surface area contributed by atoms with E-state index < -0.39 is 10.0 Å². The summed E-state index contributed by atoms with van der Waals surface area (Å²) in [7, 11) is -3.43. The summed E-state index contributed by atoms with van der Waals surface area (Å²) >= 11 is 0. The van der Waals surface area contributed by atoms with Crippen molar-refractivity contribution >= 4 is 21.9 Å². The second-order valence-electron chi connectivity index (χ2n) is 3.62. The maximum absolute atomic E-state index is 11.4. The standard InChI is InChI=1S/C11H12N2O2S/c1-2-3-8-4-5-9-7-16(14,15)13-11(12)10(9)6-8/h2-6H,7H2,1H3,(H2,12,13)/b3-2+. The Balaban J connectivity index is 2.58. The molecule has 0 unspecified atom stereocenters. The zero-order chi connectivity index (χ0) is 11.8. The normalized spacial score (nSPS) is 18.2. The highest BCUT2D eigenvalue weighted by atomic mass is 32.2. The first-order valence-corrected chi connectivity index (χ1v) is 6.47. The second kappa shape index (κ2) is 3.75. The third-order valence-corrected chi connectivity index (χ3v) is 3.50. The molecule has 5 heteroatoms. The third kappa shape index (κ3) is 1.99. The number of amidine groups is 1. The Kier molecular flexibility index (Phi) is 2.55. The molecule has 0 amide bonds. The van der Waals surface area contributed by atoms with Gasteiger partial charge in [0.2, 0.25) is 0 Å². The maximum Gasteiger partial charge on any atom is 0.259 e. The van der Waals surface area contributed by atoms with Gasteiger partial charge in [0, 0.05) is 5.56 Å². The first-order valence-electron chi connectivity index (χ1n) is 4.86. The van der Waals surface area contributed by atoms with Gasteiger partial charge in [0.1, 0.15) is 5.84 Å². The van der Waals surface area contributed by atoms with E-state index in [0.717, 1.165) is 5.56 Å². The van der Waals surface area contributed by atoms with Crippen LogP contribution in [0.25, 0.3) is 6.08 Å². The molecule has 4 nitrogen and oxygen atoms in total.